The van der Waals surface area contributed by atoms with Gasteiger partial charge >= 0.3 is 0 Å². The SMILES string of the molecule is COC(C)CNS(=O)(=O)c1c(C)nn(CCCl)c1C. The van der Waals surface area contributed by atoms with Gasteiger partial charge < -0.3 is 4.74 Å². The number of sulfonamides is 1. The molecule has 0 bridgehead atoms. The molecule has 0 aromatic carbocycles. The number of nitrogens with zero attached hydrogens (tertiary/aromatic N) is 2. The normalized spacial score (nSPS) is 13.7. The monoisotopic (exact) mass is 309 g/mol. The van der Waals surface area contributed by atoms with Crippen LogP contribution in [0.2, 0.25) is 0 Å². The molecule has 0 saturated heterocycles. The molecule has 1 aromatic heterocycles. The molecular formula is C11H20ClN3O3S. The van der Waals surface area contributed by atoms with Crippen molar-refractivity contribution < 1.29 is 13.2 Å². The van der Waals surface area contributed by atoms with Crippen molar-refractivity contribution in [2.45, 2.75) is 38.3 Å². The highest BCUT2D eigenvalue weighted by Gasteiger charge is 2.24. The van der Waals surface area contributed by atoms with Gasteiger partial charge in [0.25, 0.3) is 0 Å². The van der Waals surface area contributed by atoms with E-state index in [1.165, 1.54) is 7.11 Å². The molecule has 0 aliphatic heterocycles. The summed E-state index contributed by atoms with van der Waals surface area (Å²) in [6.07, 6.45) is -0.187. The zero-order chi connectivity index (χ0) is 14.6. The molecule has 0 amide bonds. The minimum Gasteiger partial charge on any atom is -0.380 e. The smallest absolute Gasteiger partial charge is 0.244 e. The first-order chi connectivity index (χ1) is 8.83. The van der Waals surface area contributed by atoms with Crippen molar-refractivity contribution in [1.82, 2.24) is 14.5 Å². The van der Waals surface area contributed by atoms with Crippen molar-refractivity contribution >= 4 is 21.6 Å². The van der Waals surface area contributed by atoms with E-state index in [0.29, 0.717) is 23.8 Å². The predicted octanol–water partition coefficient (Wildman–Crippen LogP) is 1.05. The summed E-state index contributed by atoms with van der Waals surface area (Å²) in [6, 6.07) is 0. The Balaban J connectivity index is 3.01. The number of alkyl halides is 1. The average Bonchev–Trinajstić information content (AvgIpc) is 2.62. The zero-order valence-corrected chi connectivity index (χ0v) is 13.2. The summed E-state index contributed by atoms with van der Waals surface area (Å²) in [7, 11) is -2.04. The molecule has 0 aliphatic rings. The van der Waals surface area contributed by atoms with E-state index >= 15 is 0 Å². The molecule has 0 fully saturated rings. The quantitative estimate of drug-likeness (QED) is 0.764. The van der Waals surface area contributed by atoms with Gasteiger partial charge in [-0.25, -0.2) is 13.1 Å². The first-order valence-electron chi connectivity index (χ1n) is 5.96. The lowest BCUT2D eigenvalue weighted by Crippen LogP contribution is -2.32. The van der Waals surface area contributed by atoms with E-state index in [2.05, 4.69) is 9.82 Å². The Kier molecular flexibility index (Phi) is 5.79. The van der Waals surface area contributed by atoms with Crippen LogP contribution in [0.5, 0.6) is 0 Å². The first-order valence-corrected chi connectivity index (χ1v) is 7.97. The molecular weight excluding hydrogens is 290 g/mol. The summed E-state index contributed by atoms with van der Waals surface area (Å²) in [5.41, 5.74) is 1.07. The van der Waals surface area contributed by atoms with E-state index in [4.69, 9.17) is 16.3 Å². The fourth-order valence-corrected chi connectivity index (χ4v) is 3.43. The maximum Gasteiger partial charge on any atom is 0.244 e. The Bertz CT molecular complexity index is 528. The van der Waals surface area contributed by atoms with Gasteiger partial charge in [0, 0.05) is 19.5 Å². The van der Waals surface area contributed by atoms with E-state index in [0.717, 1.165) is 0 Å². The van der Waals surface area contributed by atoms with E-state index < -0.39 is 10.0 Å². The summed E-state index contributed by atoms with van der Waals surface area (Å²) in [6.45, 7) is 5.89. The van der Waals surface area contributed by atoms with Gasteiger partial charge in [0.15, 0.2) is 0 Å². The van der Waals surface area contributed by atoms with Gasteiger partial charge in [-0.3, -0.25) is 4.68 Å². The van der Waals surface area contributed by atoms with Crippen LogP contribution < -0.4 is 4.72 Å². The molecule has 0 spiro atoms. The Hall–Kier alpha value is -0.630. The Morgan fingerprint density at radius 2 is 2.11 bits per heavy atom. The van der Waals surface area contributed by atoms with Crippen LogP contribution in [0.1, 0.15) is 18.3 Å². The number of aryl methyl sites for hydroxylation is 2. The maximum atomic E-state index is 12.3. The molecule has 1 N–H and O–H groups in total. The molecule has 110 valence electrons. The lowest BCUT2D eigenvalue weighted by atomic mass is 10.4. The molecule has 19 heavy (non-hydrogen) atoms. The molecule has 1 atom stereocenters. The average molecular weight is 310 g/mol. The van der Waals surface area contributed by atoms with Crippen molar-refractivity contribution in [3.63, 3.8) is 0 Å². The van der Waals surface area contributed by atoms with Crippen molar-refractivity contribution in [3.05, 3.63) is 11.4 Å². The second-order valence-corrected chi connectivity index (χ2v) is 6.39. The summed E-state index contributed by atoms with van der Waals surface area (Å²) < 4.78 is 33.7. The van der Waals surface area contributed by atoms with Crippen LogP contribution in [0.15, 0.2) is 4.90 Å². The lowest BCUT2D eigenvalue weighted by molar-refractivity contribution is 0.122. The zero-order valence-electron chi connectivity index (χ0n) is 11.6. The van der Waals surface area contributed by atoms with Crippen molar-refractivity contribution in [2.75, 3.05) is 19.5 Å². The third kappa shape index (κ3) is 3.92. The lowest BCUT2D eigenvalue weighted by Gasteiger charge is -2.11. The van der Waals surface area contributed by atoms with Crippen LogP contribution in [0, 0.1) is 13.8 Å². The maximum absolute atomic E-state index is 12.3. The van der Waals surface area contributed by atoms with Gasteiger partial charge in [0.05, 0.1) is 24.0 Å². The molecule has 6 nitrogen and oxygen atoms in total. The van der Waals surface area contributed by atoms with Crippen LogP contribution in [0.4, 0.5) is 0 Å². The predicted molar refractivity (Wildman–Crippen MR) is 74.1 cm³/mol. The molecule has 1 aromatic rings. The Morgan fingerprint density at radius 1 is 1.47 bits per heavy atom. The summed E-state index contributed by atoms with van der Waals surface area (Å²) in [5.74, 6) is 0.385. The molecule has 8 heteroatoms. The van der Waals surface area contributed by atoms with Crippen LogP contribution in [-0.2, 0) is 21.3 Å². The van der Waals surface area contributed by atoms with Gasteiger partial charge in [-0.15, -0.1) is 11.6 Å². The largest absolute Gasteiger partial charge is 0.380 e. The number of methoxy groups -OCH3 is 1. The summed E-state index contributed by atoms with van der Waals surface area (Å²) >= 11 is 5.66. The van der Waals surface area contributed by atoms with Crippen molar-refractivity contribution in [1.29, 1.82) is 0 Å². The summed E-state index contributed by atoms with van der Waals surface area (Å²) in [5, 5.41) is 4.20. The van der Waals surface area contributed by atoms with Gasteiger partial charge in [-0.05, 0) is 20.8 Å². The third-order valence-electron chi connectivity index (χ3n) is 2.84. The fraction of sp³-hybridized carbons (Fsp3) is 0.727. The molecule has 1 unspecified atom stereocenters. The number of halogens is 1. The molecule has 0 saturated carbocycles. The van der Waals surface area contributed by atoms with Crippen LogP contribution in [-0.4, -0.2) is 43.8 Å². The third-order valence-corrected chi connectivity index (χ3v) is 4.69. The van der Waals surface area contributed by atoms with Gasteiger partial charge in [-0.1, -0.05) is 0 Å². The number of rotatable bonds is 7. The second-order valence-electron chi connectivity index (χ2n) is 4.31. The topological polar surface area (TPSA) is 73.2 Å². The van der Waals surface area contributed by atoms with Crippen LogP contribution in [0.3, 0.4) is 0 Å². The number of ether oxygens (including phenoxy) is 1. The van der Waals surface area contributed by atoms with Gasteiger partial charge in [0.2, 0.25) is 10.0 Å². The first kappa shape index (κ1) is 16.4. The second kappa shape index (κ2) is 6.69. The molecule has 1 heterocycles. The van der Waals surface area contributed by atoms with Gasteiger partial charge in [-0.2, -0.15) is 5.10 Å². The standard InChI is InChI=1S/C11H20ClN3O3S/c1-8(18-4)7-13-19(16,17)11-9(2)14-15(6-5-12)10(11)3/h8,13H,5-7H2,1-4H3. The molecule has 0 radical (unpaired) electrons. The number of hydrogen-bond acceptors (Lipinski definition) is 4. The van der Waals surface area contributed by atoms with Crippen LogP contribution in [0.25, 0.3) is 0 Å². The Morgan fingerprint density at radius 3 is 2.63 bits per heavy atom. The highest BCUT2D eigenvalue weighted by Crippen LogP contribution is 2.19. The van der Waals surface area contributed by atoms with Crippen molar-refractivity contribution in [2.24, 2.45) is 0 Å². The minimum atomic E-state index is -3.58. The summed E-state index contributed by atoms with van der Waals surface area (Å²) in [4.78, 5) is 0.223. The molecule has 0 aliphatic carbocycles. The van der Waals surface area contributed by atoms with Gasteiger partial charge in [0.1, 0.15) is 4.90 Å². The van der Waals surface area contributed by atoms with Crippen LogP contribution >= 0.6 is 11.6 Å². The highest BCUT2D eigenvalue weighted by molar-refractivity contribution is 7.89. The van der Waals surface area contributed by atoms with E-state index in [9.17, 15) is 8.42 Å². The van der Waals surface area contributed by atoms with Crippen molar-refractivity contribution in [3.8, 4) is 0 Å². The fourth-order valence-electron chi connectivity index (χ4n) is 1.75. The minimum absolute atomic E-state index is 0.187. The van der Waals surface area contributed by atoms with E-state index in [1.807, 2.05) is 0 Å². The van der Waals surface area contributed by atoms with E-state index in [-0.39, 0.29) is 17.5 Å². The number of hydrogen-bond donors (Lipinski definition) is 1. The highest BCUT2D eigenvalue weighted by atomic mass is 35.5. The Labute approximate surface area is 119 Å². The van der Waals surface area contributed by atoms with E-state index in [1.54, 1.807) is 25.5 Å². The number of aromatic nitrogens is 2. The molecule has 1 rings (SSSR count). The number of nitrogens with one attached hydrogen (secondary N) is 1.